The van der Waals surface area contributed by atoms with Crippen LogP contribution in [0.1, 0.15) is 51.0 Å². The first-order valence-corrected chi connectivity index (χ1v) is 9.56. The van der Waals surface area contributed by atoms with E-state index in [1.165, 1.54) is 44.3 Å². The Morgan fingerprint density at radius 1 is 1.17 bits per heavy atom. The van der Waals surface area contributed by atoms with Gasteiger partial charge in [-0.15, -0.1) is 0 Å². The van der Waals surface area contributed by atoms with Gasteiger partial charge in [0.2, 0.25) is 5.91 Å². The molecule has 2 aliphatic rings. The maximum absolute atomic E-state index is 12.4. The molecule has 4 nitrogen and oxygen atoms in total. The Morgan fingerprint density at radius 2 is 1.88 bits per heavy atom. The maximum Gasteiger partial charge on any atom is 0.227 e. The van der Waals surface area contributed by atoms with Gasteiger partial charge in [-0.05, 0) is 69.9 Å². The number of rotatable bonds is 4. The van der Waals surface area contributed by atoms with Gasteiger partial charge in [0, 0.05) is 24.2 Å². The van der Waals surface area contributed by atoms with Crippen LogP contribution in [-0.4, -0.2) is 36.5 Å². The van der Waals surface area contributed by atoms with Crippen LogP contribution in [0.5, 0.6) is 0 Å². The summed E-state index contributed by atoms with van der Waals surface area (Å²) in [7, 11) is 0. The van der Waals surface area contributed by atoms with E-state index in [1.54, 1.807) is 0 Å². The zero-order chi connectivity index (χ0) is 16.8. The molecule has 1 aromatic rings. The highest BCUT2D eigenvalue weighted by molar-refractivity contribution is 5.92. The average Bonchev–Trinajstić information content (AvgIpc) is 2.85. The van der Waals surface area contributed by atoms with Crippen LogP contribution in [0.4, 0.5) is 5.69 Å². The Labute approximate surface area is 146 Å². The number of nitrogens with one attached hydrogen (secondary N) is 2. The van der Waals surface area contributed by atoms with Crippen molar-refractivity contribution in [2.75, 3.05) is 25.0 Å². The fourth-order valence-corrected chi connectivity index (χ4v) is 3.86. The fourth-order valence-electron chi connectivity index (χ4n) is 3.86. The first-order valence-electron chi connectivity index (χ1n) is 9.56. The second kappa shape index (κ2) is 8.63. The molecule has 0 unspecified atom stereocenters. The molecule has 24 heavy (non-hydrogen) atoms. The Hall–Kier alpha value is -1.39. The van der Waals surface area contributed by atoms with E-state index < -0.39 is 0 Å². The normalized spacial score (nSPS) is 25.9. The number of carbonyl (C=O) groups excluding carboxylic acids is 1. The molecule has 2 aliphatic heterocycles. The molecule has 0 aliphatic carbocycles. The van der Waals surface area contributed by atoms with Crippen LogP contribution in [0.15, 0.2) is 24.3 Å². The van der Waals surface area contributed by atoms with Gasteiger partial charge in [-0.25, -0.2) is 0 Å². The van der Waals surface area contributed by atoms with E-state index in [-0.39, 0.29) is 11.8 Å². The van der Waals surface area contributed by atoms with Crippen LogP contribution < -0.4 is 10.6 Å². The molecule has 0 spiro atoms. The molecule has 0 bridgehead atoms. The lowest BCUT2D eigenvalue weighted by Gasteiger charge is -2.27. The minimum Gasteiger partial charge on any atom is -0.326 e. The van der Waals surface area contributed by atoms with Gasteiger partial charge >= 0.3 is 0 Å². The standard InChI is InChI=1S/C20H31N3O/c1-16-14-18(10-11-21-16)20(24)22-19-8-6-17(7-9-19)15-23-12-4-2-3-5-13-23/h6-9,16,18,21H,2-5,10-15H2,1H3,(H,22,24)/t16-,18-/m0/s1. The summed E-state index contributed by atoms with van der Waals surface area (Å²) in [6, 6.07) is 8.85. The van der Waals surface area contributed by atoms with E-state index in [4.69, 9.17) is 0 Å². The SMILES string of the molecule is C[C@H]1C[C@@H](C(=O)Nc2ccc(CN3CCCCCC3)cc2)CCN1. The monoisotopic (exact) mass is 329 g/mol. The molecule has 1 amide bonds. The van der Waals surface area contributed by atoms with Crippen LogP contribution in [0, 0.1) is 5.92 Å². The molecule has 0 radical (unpaired) electrons. The summed E-state index contributed by atoms with van der Waals surface area (Å²) in [5.41, 5.74) is 2.26. The quantitative estimate of drug-likeness (QED) is 0.890. The molecule has 2 atom stereocenters. The van der Waals surface area contributed by atoms with Gasteiger partial charge in [0.15, 0.2) is 0 Å². The van der Waals surface area contributed by atoms with Crippen molar-refractivity contribution >= 4 is 11.6 Å². The molecule has 2 N–H and O–H groups in total. The van der Waals surface area contributed by atoms with Crippen LogP contribution in [-0.2, 0) is 11.3 Å². The van der Waals surface area contributed by atoms with Crippen molar-refractivity contribution in [1.82, 2.24) is 10.2 Å². The zero-order valence-corrected chi connectivity index (χ0v) is 14.9. The second-order valence-corrected chi connectivity index (χ2v) is 7.45. The van der Waals surface area contributed by atoms with Crippen molar-refractivity contribution in [2.45, 2.75) is 58.0 Å². The highest BCUT2D eigenvalue weighted by Gasteiger charge is 2.24. The number of carbonyl (C=O) groups is 1. The van der Waals surface area contributed by atoms with Gasteiger partial charge in [0.05, 0.1) is 0 Å². The average molecular weight is 329 g/mol. The number of nitrogens with zero attached hydrogens (tertiary/aromatic N) is 1. The summed E-state index contributed by atoms with van der Waals surface area (Å²) in [4.78, 5) is 15.0. The summed E-state index contributed by atoms with van der Waals surface area (Å²) < 4.78 is 0. The lowest BCUT2D eigenvalue weighted by atomic mass is 9.92. The van der Waals surface area contributed by atoms with Gasteiger partial charge in [-0.1, -0.05) is 25.0 Å². The lowest BCUT2D eigenvalue weighted by molar-refractivity contribution is -0.120. The minimum atomic E-state index is 0.137. The van der Waals surface area contributed by atoms with Crippen LogP contribution in [0.25, 0.3) is 0 Å². The summed E-state index contributed by atoms with van der Waals surface area (Å²) in [5.74, 6) is 0.307. The number of piperidine rings is 1. The van der Waals surface area contributed by atoms with Crippen molar-refractivity contribution in [3.8, 4) is 0 Å². The largest absolute Gasteiger partial charge is 0.326 e. The number of anilines is 1. The Balaban J connectivity index is 1.51. The summed E-state index contributed by atoms with van der Waals surface area (Å²) in [5, 5.41) is 6.49. The van der Waals surface area contributed by atoms with Gasteiger partial charge in [0.25, 0.3) is 0 Å². The van der Waals surface area contributed by atoms with Crippen molar-refractivity contribution in [2.24, 2.45) is 5.92 Å². The van der Waals surface area contributed by atoms with E-state index in [1.807, 2.05) is 0 Å². The van der Waals surface area contributed by atoms with Crippen molar-refractivity contribution in [3.05, 3.63) is 29.8 Å². The Kier molecular flexibility index (Phi) is 6.27. The molecule has 0 aromatic heterocycles. The highest BCUT2D eigenvalue weighted by Crippen LogP contribution is 2.20. The predicted octanol–water partition coefficient (Wildman–Crippen LogP) is 3.39. The van der Waals surface area contributed by atoms with Crippen molar-refractivity contribution in [1.29, 1.82) is 0 Å². The van der Waals surface area contributed by atoms with E-state index in [9.17, 15) is 4.79 Å². The lowest BCUT2D eigenvalue weighted by Crippen LogP contribution is -2.40. The maximum atomic E-state index is 12.4. The zero-order valence-electron chi connectivity index (χ0n) is 14.9. The van der Waals surface area contributed by atoms with Crippen molar-refractivity contribution in [3.63, 3.8) is 0 Å². The number of likely N-dealkylation sites (tertiary alicyclic amines) is 1. The first kappa shape index (κ1) is 17.4. The molecule has 3 rings (SSSR count). The van der Waals surface area contributed by atoms with E-state index >= 15 is 0 Å². The van der Waals surface area contributed by atoms with E-state index in [2.05, 4.69) is 46.7 Å². The summed E-state index contributed by atoms with van der Waals surface area (Å²) in [6.07, 6.45) is 7.25. The molecule has 2 fully saturated rings. The molecule has 1 aromatic carbocycles. The molecule has 0 saturated carbocycles. The van der Waals surface area contributed by atoms with Gasteiger partial charge in [-0.3, -0.25) is 9.69 Å². The topological polar surface area (TPSA) is 44.4 Å². The molecule has 132 valence electrons. The third-order valence-corrected chi connectivity index (χ3v) is 5.32. The van der Waals surface area contributed by atoms with Crippen LogP contribution in [0.3, 0.4) is 0 Å². The van der Waals surface area contributed by atoms with Crippen LogP contribution in [0.2, 0.25) is 0 Å². The molecular weight excluding hydrogens is 298 g/mol. The fraction of sp³-hybridized carbons (Fsp3) is 0.650. The molecular formula is C20H31N3O. The molecule has 4 heteroatoms. The third kappa shape index (κ3) is 5.05. The predicted molar refractivity (Wildman–Crippen MR) is 99.0 cm³/mol. The van der Waals surface area contributed by atoms with Gasteiger partial charge in [-0.2, -0.15) is 0 Å². The Morgan fingerprint density at radius 3 is 2.54 bits per heavy atom. The number of hydrogen-bond donors (Lipinski definition) is 2. The van der Waals surface area contributed by atoms with Gasteiger partial charge < -0.3 is 10.6 Å². The number of hydrogen-bond acceptors (Lipinski definition) is 3. The summed E-state index contributed by atoms with van der Waals surface area (Å²) in [6.45, 7) is 6.55. The minimum absolute atomic E-state index is 0.137. The highest BCUT2D eigenvalue weighted by atomic mass is 16.1. The van der Waals surface area contributed by atoms with E-state index in [0.717, 1.165) is 31.6 Å². The first-order chi connectivity index (χ1) is 11.7. The third-order valence-electron chi connectivity index (χ3n) is 5.32. The summed E-state index contributed by atoms with van der Waals surface area (Å²) >= 11 is 0. The Bertz CT molecular complexity index is 520. The molecule has 2 saturated heterocycles. The van der Waals surface area contributed by atoms with Gasteiger partial charge in [0.1, 0.15) is 0 Å². The second-order valence-electron chi connectivity index (χ2n) is 7.45. The van der Waals surface area contributed by atoms with Crippen molar-refractivity contribution < 1.29 is 4.79 Å². The number of benzene rings is 1. The molecule has 2 heterocycles. The number of amides is 1. The van der Waals surface area contributed by atoms with Crippen LogP contribution >= 0.6 is 0 Å². The van der Waals surface area contributed by atoms with E-state index in [0.29, 0.717) is 6.04 Å². The smallest absolute Gasteiger partial charge is 0.227 e.